The fourth-order valence-electron chi connectivity index (χ4n) is 1.58. The fraction of sp³-hybridized carbons (Fsp3) is 0. The van der Waals surface area contributed by atoms with Crippen molar-refractivity contribution in [3.63, 3.8) is 0 Å². The number of benzene rings is 2. The van der Waals surface area contributed by atoms with Crippen molar-refractivity contribution in [3.8, 4) is 5.75 Å². The van der Waals surface area contributed by atoms with Crippen LogP contribution in [0, 0.1) is 0 Å². The van der Waals surface area contributed by atoms with Crippen LogP contribution in [0.5, 0.6) is 5.75 Å². The van der Waals surface area contributed by atoms with Crippen LogP contribution in [0.25, 0.3) is 0 Å². The molecule has 108 valence electrons. The molecule has 0 saturated carbocycles. The number of rotatable bonds is 2. The van der Waals surface area contributed by atoms with Crippen molar-refractivity contribution in [2.24, 2.45) is 0 Å². The van der Waals surface area contributed by atoms with Crippen molar-refractivity contribution in [2.45, 2.75) is 0 Å². The number of hydrogen-bond acceptors (Lipinski definition) is 3. The molecule has 0 unspecified atom stereocenters. The molecule has 5 nitrogen and oxygen atoms in total. The first-order valence-electron chi connectivity index (χ1n) is 5.83. The predicted octanol–water partition coefficient (Wildman–Crippen LogP) is 2.77. The van der Waals surface area contributed by atoms with Gasteiger partial charge in [-0.15, -0.1) is 0 Å². The number of phenols is 1. The van der Waals surface area contributed by atoms with E-state index >= 15 is 0 Å². The molecule has 0 aromatic heterocycles. The maximum absolute atomic E-state index is 11.9. The number of carbonyl (C=O) groups is 2. The standard InChI is InChI=1S/C14H10Cl2N2O3/c15-8-5-6-12(19)10(7-8)14(21)18-17-13(20)9-3-1-2-4-11(9)16/h1-7,19H,(H,17,20)(H,18,21). The molecule has 0 aliphatic carbocycles. The van der Waals surface area contributed by atoms with Crippen LogP contribution in [0.1, 0.15) is 20.7 Å². The van der Waals surface area contributed by atoms with Gasteiger partial charge in [0, 0.05) is 5.02 Å². The topological polar surface area (TPSA) is 78.4 Å². The molecule has 0 aliphatic rings. The Balaban J connectivity index is 2.06. The van der Waals surface area contributed by atoms with Crippen LogP contribution in [0.2, 0.25) is 10.0 Å². The lowest BCUT2D eigenvalue weighted by molar-refractivity contribution is 0.0845. The minimum absolute atomic E-state index is 0.0537. The smallest absolute Gasteiger partial charge is 0.273 e. The summed E-state index contributed by atoms with van der Waals surface area (Å²) in [5.41, 5.74) is 4.55. The maximum Gasteiger partial charge on any atom is 0.273 e. The quantitative estimate of drug-likeness (QED) is 0.743. The van der Waals surface area contributed by atoms with E-state index in [-0.39, 0.29) is 26.9 Å². The van der Waals surface area contributed by atoms with Crippen LogP contribution in [-0.4, -0.2) is 16.9 Å². The molecule has 0 aliphatic heterocycles. The molecule has 0 heterocycles. The summed E-state index contributed by atoms with van der Waals surface area (Å²) in [5.74, 6) is -1.52. The van der Waals surface area contributed by atoms with Gasteiger partial charge in [-0.1, -0.05) is 35.3 Å². The molecule has 0 fully saturated rings. The minimum Gasteiger partial charge on any atom is -0.507 e. The SMILES string of the molecule is O=C(NNC(=O)c1ccccc1Cl)c1cc(Cl)ccc1O. The maximum atomic E-state index is 11.9. The molecule has 2 rings (SSSR count). The summed E-state index contributed by atoms with van der Waals surface area (Å²) in [6, 6.07) is 10.4. The van der Waals surface area contributed by atoms with Gasteiger partial charge in [0.1, 0.15) is 5.75 Å². The van der Waals surface area contributed by atoms with E-state index in [1.165, 1.54) is 24.3 Å². The minimum atomic E-state index is -0.699. The Morgan fingerprint density at radius 1 is 0.905 bits per heavy atom. The third-order valence-corrected chi connectivity index (χ3v) is 3.18. The van der Waals surface area contributed by atoms with E-state index < -0.39 is 11.8 Å². The monoisotopic (exact) mass is 324 g/mol. The second kappa shape index (κ2) is 6.47. The highest BCUT2D eigenvalue weighted by molar-refractivity contribution is 6.33. The van der Waals surface area contributed by atoms with Crippen LogP contribution in [0.3, 0.4) is 0 Å². The second-order valence-electron chi connectivity index (χ2n) is 4.05. The molecule has 2 aromatic carbocycles. The normalized spacial score (nSPS) is 10.0. The van der Waals surface area contributed by atoms with Crippen molar-refractivity contribution < 1.29 is 14.7 Å². The fourth-order valence-corrected chi connectivity index (χ4v) is 1.98. The van der Waals surface area contributed by atoms with Crippen molar-refractivity contribution in [1.29, 1.82) is 0 Å². The summed E-state index contributed by atoms with van der Waals surface area (Å²) >= 11 is 11.6. The van der Waals surface area contributed by atoms with Crippen LogP contribution < -0.4 is 10.9 Å². The number of halogens is 2. The highest BCUT2D eigenvalue weighted by atomic mass is 35.5. The number of hydrazine groups is 1. The van der Waals surface area contributed by atoms with Crippen molar-refractivity contribution in [2.75, 3.05) is 0 Å². The number of nitrogens with one attached hydrogen (secondary N) is 2. The van der Waals surface area contributed by atoms with E-state index in [4.69, 9.17) is 23.2 Å². The van der Waals surface area contributed by atoms with Gasteiger partial charge in [0.25, 0.3) is 11.8 Å². The summed E-state index contributed by atoms with van der Waals surface area (Å²) in [4.78, 5) is 23.7. The molecule has 0 saturated heterocycles. The molecule has 0 spiro atoms. The molecule has 2 aromatic rings. The summed E-state index contributed by atoms with van der Waals surface area (Å²) in [7, 11) is 0. The van der Waals surface area contributed by atoms with E-state index in [9.17, 15) is 14.7 Å². The van der Waals surface area contributed by atoms with Crippen LogP contribution in [0.15, 0.2) is 42.5 Å². The summed E-state index contributed by atoms with van der Waals surface area (Å²) in [6.45, 7) is 0. The Hall–Kier alpha value is -2.24. The van der Waals surface area contributed by atoms with Gasteiger partial charge in [-0.3, -0.25) is 20.4 Å². The Morgan fingerprint density at radius 2 is 1.52 bits per heavy atom. The van der Waals surface area contributed by atoms with Gasteiger partial charge < -0.3 is 5.11 Å². The van der Waals surface area contributed by atoms with Gasteiger partial charge in [0.15, 0.2) is 0 Å². The molecular formula is C14H10Cl2N2O3. The molecule has 2 amide bonds. The van der Waals surface area contributed by atoms with Gasteiger partial charge in [-0.05, 0) is 30.3 Å². The van der Waals surface area contributed by atoms with Gasteiger partial charge in [-0.25, -0.2) is 0 Å². The lowest BCUT2D eigenvalue weighted by atomic mass is 10.2. The van der Waals surface area contributed by atoms with Gasteiger partial charge >= 0.3 is 0 Å². The lowest BCUT2D eigenvalue weighted by Gasteiger charge is -2.09. The molecule has 0 radical (unpaired) electrons. The number of phenolic OH excluding ortho intramolecular Hbond substituents is 1. The zero-order valence-corrected chi connectivity index (χ0v) is 12.1. The first-order chi connectivity index (χ1) is 9.99. The molecule has 0 atom stereocenters. The summed E-state index contributed by atoms with van der Waals surface area (Å²) < 4.78 is 0. The van der Waals surface area contributed by atoms with Crippen molar-refractivity contribution >= 4 is 35.0 Å². The number of aromatic hydroxyl groups is 1. The van der Waals surface area contributed by atoms with Gasteiger partial charge in [0.2, 0.25) is 0 Å². The molecule has 0 bridgehead atoms. The zero-order chi connectivity index (χ0) is 15.4. The lowest BCUT2D eigenvalue weighted by Crippen LogP contribution is -2.41. The Labute approximate surface area is 130 Å². The van der Waals surface area contributed by atoms with E-state index in [2.05, 4.69) is 10.9 Å². The zero-order valence-electron chi connectivity index (χ0n) is 10.6. The second-order valence-corrected chi connectivity index (χ2v) is 4.89. The highest BCUT2D eigenvalue weighted by Crippen LogP contribution is 2.21. The predicted molar refractivity (Wildman–Crippen MR) is 79.5 cm³/mol. The highest BCUT2D eigenvalue weighted by Gasteiger charge is 2.14. The first kappa shape index (κ1) is 15.2. The number of carbonyl (C=O) groups excluding carboxylic acids is 2. The Bertz CT molecular complexity index is 704. The Kier molecular flexibility index (Phi) is 4.67. The Morgan fingerprint density at radius 3 is 2.19 bits per heavy atom. The third kappa shape index (κ3) is 3.65. The number of amides is 2. The molecular weight excluding hydrogens is 315 g/mol. The third-order valence-electron chi connectivity index (χ3n) is 2.61. The molecule has 3 N–H and O–H groups in total. The van der Waals surface area contributed by atoms with Gasteiger partial charge in [-0.2, -0.15) is 0 Å². The summed E-state index contributed by atoms with van der Waals surface area (Å²) in [6.07, 6.45) is 0. The average molecular weight is 325 g/mol. The van der Waals surface area contributed by atoms with Crippen molar-refractivity contribution in [3.05, 3.63) is 63.6 Å². The van der Waals surface area contributed by atoms with E-state index in [0.29, 0.717) is 0 Å². The summed E-state index contributed by atoms with van der Waals surface area (Å²) in [5, 5.41) is 10.1. The number of hydrogen-bond donors (Lipinski definition) is 3. The largest absolute Gasteiger partial charge is 0.507 e. The van der Waals surface area contributed by atoms with E-state index in [0.717, 1.165) is 0 Å². The van der Waals surface area contributed by atoms with E-state index in [1.807, 2.05) is 0 Å². The van der Waals surface area contributed by atoms with Crippen LogP contribution in [-0.2, 0) is 0 Å². The van der Waals surface area contributed by atoms with Crippen molar-refractivity contribution in [1.82, 2.24) is 10.9 Å². The average Bonchev–Trinajstić information content (AvgIpc) is 2.47. The molecule has 7 heteroatoms. The molecule has 21 heavy (non-hydrogen) atoms. The van der Waals surface area contributed by atoms with E-state index in [1.54, 1.807) is 18.2 Å². The van der Waals surface area contributed by atoms with Crippen LogP contribution >= 0.6 is 23.2 Å². The van der Waals surface area contributed by atoms with Crippen LogP contribution in [0.4, 0.5) is 0 Å². The first-order valence-corrected chi connectivity index (χ1v) is 6.58. The van der Waals surface area contributed by atoms with Gasteiger partial charge in [0.05, 0.1) is 16.1 Å².